The van der Waals surface area contributed by atoms with E-state index in [0.29, 0.717) is 25.6 Å². The molecule has 0 radical (unpaired) electrons. The first-order valence-corrected chi connectivity index (χ1v) is 9.54. The zero-order valence-corrected chi connectivity index (χ0v) is 16.8. The number of hydrogen-bond acceptors (Lipinski definition) is 7. The molecule has 28 heavy (non-hydrogen) atoms. The molecule has 8 nitrogen and oxygen atoms in total. The third-order valence-electron chi connectivity index (χ3n) is 5.11. The van der Waals surface area contributed by atoms with Gasteiger partial charge in [-0.15, -0.1) is 0 Å². The Morgan fingerprint density at radius 3 is 2.68 bits per heavy atom. The van der Waals surface area contributed by atoms with Gasteiger partial charge in [-0.05, 0) is 33.8 Å². The van der Waals surface area contributed by atoms with Crippen LogP contribution in [0.3, 0.4) is 0 Å². The van der Waals surface area contributed by atoms with Crippen LogP contribution in [0.2, 0.25) is 0 Å². The van der Waals surface area contributed by atoms with E-state index in [0.717, 1.165) is 40.1 Å². The summed E-state index contributed by atoms with van der Waals surface area (Å²) < 4.78 is 7.86. The van der Waals surface area contributed by atoms with Gasteiger partial charge in [0, 0.05) is 25.1 Å². The van der Waals surface area contributed by atoms with E-state index in [9.17, 15) is 0 Å². The van der Waals surface area contributed by atoms with Crippen molar-refractivity contribution in [1.29, 1.82) is 0 Å². The summed E-state index contributed by atoms with van der Waals surface area (Å²) in [7, 11) is 0. The molecule has 4 rings (SSSR count). The summed E-state index contributed by atoms with van der Waals surface area (Å²) in [5.74, 6) is 2.15. The van der Waals surface area contributed by atoms with Crippen molar-refractivity contribution in [2.45, 2.75) is 46.6 Å². The molecule has 0 fully saturated rings. The van der Waals surface area contributed by atoms with E-state index in [1.807, 2.05) is 45.9 Å². The Kier molecular flexibility index (Phi) is 4.58. The molecule has 0 atom stereocenters. The van der Waals surface area contributed by atoms with Crippen LogP contribution in [-0.2, 0) is 22.7 Å². The number of benzene rings is 1. The number of pyridine rings is 1. The molecule has 1 aliphatic heterocycles. The molecule has 0 amide bonds. The van der Waals surface area contributed by atoms with Crippen molar-refractivity contribution >= 4 is 33.6 Å². The summed E-state index contributed by atoms with van der Waals surface area (Å²) in [4.78, 5) is 17.0. The second kappa shape index (κ2) is 6.94. The van der Waals surface area contributed by atoms with Gasteiger partial charge in [0.1, 0.15) is 23.8 Å². The Balaban J connectivity index is 1.81. The summed E-state index contributed by atoms with van der Waals surface area (Å²) in [6.45, 7) is 10.4. The number of nitrogens with two attached hydrogens (primary N) is 1. The zero-order valence-electron chi connectivity index (χ0n) is 16.8. The summed E-state index contributed by atoms with van der Waals surface area (Å²) in [5.41, 5.74) is 8.34. The molecule has 0 bridgehead atoms. The Morgan fingerprint density at radius 2 is 1.96 bits per heavy atom. The van der Waals surface area contributed by atoms with Crippen LogP contribution >= 0.6 is 0 Å². The Hall–Kier alpha value is -2.87. The normalized spacial score (nSPS) is 16.0. The van der Waals surface area contributed by atoms with Gasteiger partial charge in [0.2, 0.25) is 5.72 Å². The van der Waals surface area contributed by atoms with E-state index in [2.05, 4.69) is 25.7 Å². The number of ether oxygens (including phenoxy) is 1. The van der Waals surface area contributed by atoms with Crippen molar-refractivity contribution in [3.63, 3.8) is 0 Å². The van der Waals surface area contributed by atoms with Crippen LogP contribution < -0.4 is 5.73 Å². The van der Waals surface area contributed by atoms with Crippen LogP contribution in [0.15, 0.2) is 29.4 Å². The van der Waals surface area contributed by atoms with Gasteiger partial charge >= 0.3 is 0 Å². The highest BCUT2D eigenvalue weighted by Crippen LogP contribution is 2.30. The second-order valence-corrected chi connectivity index (χ2v) is 7.36. The number of anilines is 1. The average molecular weight is 382 g/mol. The Bertz CT molecular complexity index is 1060. The molecule has 148 valence electrons. The van der Waals surface area contributed by atoms with Gasteiger partial charge in [-0.3, -0.25) is 0 Å². The molecule has 3 heterocycles. The molecule has 0 unspecified atom stereocenters. The van der Waals surface area contributed by atoms with E-state index in [4.69, 9.17) is 20.3 Å². The Morgan fingerprint density at radius 1 is 1.18 bits per heavy atom. The maximum atomic E-state index is 6.24. The van der Waals surface area contributed by atoms with Gasteiger partial charge in [-0.25, -0.2) is 9.97 Å². The number of rotatable bonds is 6. The minimum atomic E-state index is -0.469. The van der Waals surface area contributed by atoms with Gasteiger partial charge in [-0.1, -0.05) is 23.4 Å². The number of oxime groups is 1. The number of aromatic nitrogens is 3. The lowest BCUT2D eigenvalue weighted by atomic mass is 10.2. The van der Waals surface area contributed by atoms with Crippen molar-refractivity contribution in [2.75, 3.05) is 18.9 Å². The standard InChI is InChI=1S/C20H26N6O2/c1-5-27-12-16-23-17-18(14-8-6-7-9-15(14)22-19(17)21)25(16)10-11-26-13(2)24-28-20(26,3)4/h6-9H,5,10-12H2,1-4H3,(H2,21,22). The van der Waals surface area contributed by atoms with Crippen molar-refractivity contribution in [3.8, 4) is 0 Å². The molecule has 0 saturated heterocycles. The van der Waals surface area contributed by atoms with Crippen LogP contribution in [0.1, 0.15) is 33.5 Å². The fourth-order valence-corrected chi connectivity index (χ4v) is 3.75. The lowest BCUT2D eigenvalue weighted by Gasteiger charge is -2.30. The third kappa shape index (κ3) is 3.03. The third-order valence-corrected chi connectivity index (χ3v) is 5.11. The van der Waals surface area contributed by atoms with Crippen LogP contribution in [-0.4, -0.2) is 44.1 Å². The van der Waals surface area contributed by atoms with Crippen molar-refractivity contribution < 1.29 is 9.57 Å². The topological polar surface area (TPSA) is 90.8 Å². The number of nitrogens with zero attached hydrogens (tertiary/aromatic N) is 5. The highest BCUT2D eigenvalue weighted by molar-refractivity contribution is 6.06. The van der Waals surface area contributed by atoms with Gasteiger partial charge in [0.15, 0.2) is 5.82 Å². The van der Waals surface area contributed by atoms with Gasteiger partial charge in [0.25, 0.3) is 0 Å². The molecular formula is C20H26N6O2. The molecule has 2 aromatic heterocycles. The summed E-state index contributed by atoms with van der Waals surface area (Å²) in [6, 6.07) is 8.00. The predicted molar refractivity (Wildman–Crippen MR) is 110 cm³/mol. The van der Waals surface area contributed by atoms with Crippen LogP contribution in [0.5, 0.6) is 0 Å². The summed E-state index contributed by atoms with van der Waals surface area (Å²) in [6.07, 6.45) is 0. The maximum Gasteiger partial charge on any atom is 0.205 e. The molecule has 0 aliphatic carbocycles. The lowest BCUT2D eigenvalue weighted by Crippen LogP contribution is -2.44. The number of imidazole rings is 1. The van der Waals surface area contributed by atoms with E-state index in [-0.39, 0.29) is 0 Å². The maximum absolute atomic E-state index is 6.24. The Labute approximate surface area is 163 Å². The number of amidine groups is 1. The van der Waals surface area contributed by atoms with E-state index >= 15 is 0 Å². The minimum Gasteiger partial charge on any atom is -0.382 e. The fraction of sp³-hybridized carbons (Fsp3) is 0.450. The monoisotopic (exact) mass is 382 g/mol. The number of hydrogen-bond donors (Lipinski definition) is 1. The van der Waals surface area contributed by atoms with Crippen LogP contribution in [0.25, 0.3) is 21.9 Å². The predicted octanol–water partition coefficient (Wildman–Crippen LogP) is 3.10. The minimum absolute atomic E-state index is 0.423. The largest absolute Gasteiger partial charge is 0.382 e. The zero-order chi connectivity index (χ0) is 19.9. The number of nitrogen functional groups attached to an aromatic ring is 1. The lowest BCUT2D eigenvalue weighted by molar-refractivity contribution is -0.0693. The van der Waals surface area contributed by atoms with Crippen LogP contribution in [0, 0.1) is 0 Å². The highest BCUT2D eigenvalue weighted by atomic mass is 16.7. The molecule has 2 N–H and O–H groups in total. The summed E-state index contributed by atoms with van der Waals surface area (Å²) in [5, 5.41) is 5.16. The van der Waals surface area contributed by atoms with Gasteiger partial charge in [-0.2, -0.15) is 0 Å². The number of fused-ring (bicyclic) bond motifs is 3. The van der Waals surface area contributed by atoms with Crippen LogP contribution in [0.4, 0.5) is 5.82 Å². The highest BCUT2D eigenvalue weighted by Gasteiger charge is 2.35. The van der Waals surface area contributed by atoms with Crippen molar-refractivity contribution in [1.82, 2.24) is 19.4 Å². The molecular weight excluding hydrogens is 356 g/mol. The molecule has 0 spiro atoms. The molecule has 3 aromatic rings. The summed E-state index contributed by atoms with van der Waals surface area (Å²) >= 11 is 0. The molecule has 0 saturated carbocycles. The smallest absolute Gasteiger partial charge is 0.205 e. The average Bonchev–Trinajstić information content (AvgIpc) is 3.16. The first-order valence-electron chi connectivity index (χ1n) is 9.54. The first-order chi connectivity index (χ1) is 13.4. The van der Waals surface area contributed by atoms with Crippen molar-refractivity contribution in [2.24, 2.45) is 5.16 Å². The molecule has 1 aliphatic rings. The van der Waals surface area contributed by atoms with Gasteiger partial charge in [0.05, 0.1) is 11.0 Å². The van der Waals surface area contributed by atoms with E-state index < -0.39 is 5.72 Å². The van der Waals surface area contributed by atoms with E-state index in [1.54, 1.807) is 0 Å². The van der Waals surface area contributed by atoms with Gasteiger partial charge < -0.3 is 24.8 Å². The fourth-order valence-electron chi connectivity index (χ4n) is 3.75. The molecule has 1 aromatic carbocycles. The molecule has 8 heteroatoms. The van der Waals surface area contributed by atoms with Crippen molar-refractivity contribution in [3.05, 3.63) is 30.1 Å². The van der Waals surface area contributed by atoms with E-state index in [1.165, 1.54) is 0 Å². The SMILES string of the molecule is CCOCc1nc2c(N)nc3ccccc3c2n1CCN1C(C)=NOC1(C)C. The second-order valence-electron chi connectivity index (χ2n) is 7.36. The first kappa shape index (κ1) is 18.5. The quantitative estimate of drug-likeness (QED) is 0.704. The number of para-hydroxylation sites is 1.